The molecule has 1 aliphatic rings. The van der Waals surface area contributed by atoms with Crippen molar-refractivity contribution in [2.45, 2.75) is 31.7 Å². The third-order valence-corrected chi connectivity index (χ3v) is 6.22. The SMILES string of the molecule is COC(=O)c1ccc(CS(=O)(=O)NCc2ccccc2CN2CCCC2)cc1. The number of hydrogen-bond donors (Lipinski definition) is 1. The predicted octanol–water partition coefficient (Wildman–Crippen LogP) is 2.69. The number of rotatable bonds is 8. The van der Waals surface area contributed by atoms with Crippen molar-refractivity contribution in [2.75, 3.05) is 20.2 Å². The van der Waals surface area contributed by atoms with Crippen molar-refractivity contribution in [1.29, 1.82) is 0 Å². The van der Waals surface area contributed by atoms with Crippen molar-refractivity contribution in [3.05, 3.63) is 70.8 Å². The molecular formula is C21H26N2O4S. The molecule has 2 aromatic carbocycles. The van der Waals surface area contributed by atoms with Crippen LogP contribution in [0.4, 0.5) is 0 Å². The Bertz CT molecular complexity index is 904. The first-order valence-corrected chi connectivity index (χ1v) is 11.1. The van der Waals surface area contributed by atoms with E-state index in [1.54, 1.807) is 24.3 Å². The Labute approximate surface area is 166 Å². The summed E-state index contributed by atoms with van der Waals surface area (Å²) in [5.41, 5.74) is 3.17. The average molecular weight is 403 g/mol. The van der Waals surface area contributed by atoms with Gasteiger partial charge in [-0.05, 0) is 54.8 Å². The molecule has 1 aliphatic heterocycles. The minimum absolute atomic E-state index is 0.136. The van der Waals surface area contributed by atoms with Gasteiger partial charge in [0.2, 0.25) is 10.0 Å². The van der Waals surface area contributed by atoms with Crippen LogP contribution in [0.2, 0.25) is 0 Å². The Morgan fingerprint density at radius 3 is 2.32 bits per heavy atom. The summed E-state index contributed by atoms with van der Waals surface area (Å²) in [6, 6.07) is 14.4. The van der Waals surface area contributed by atoms with Gasteiger partial charge in [0, 0.05) is 13.1 Å². The van der Waals surface area contributed by atoms with E-state index in [0.29, 0.717) is 11.1 Å². The zero-order valence-electron chi connectivity index (χ0n) is 16.1. The van der Waals surface area contributed by atoms with Crippen LogP contribution in [-0.2, 0) is 33.6 Å². The molecule has 150 valence electrons. The summed E-state index contributed by atoms with van der Waals surface area (Å²) in [6.45, 7) is 3.32. The van der Waals surface area contributed by atoms with Gasteiger partial charge in [-0.2, -0.15) is 0 Å². The van der Waals surface area contributed by atoms with E-state index >= 15 is 0 Å². The van der Waals surface area contributed by atoms with E-state index in [2.05, 4.69) is 20.4 Å². The van der Waals surface area contributed by atoms with Gasteiger partial charge in [-0.25, -0.2) is 17.9 Å². The first kappa shape index (κ1) is 20.5. The van der Waals surface area contributed by atoms with E-state index in [9.17, 15) is 13.2 Å². The number of likely N-dealkylation sites (tertiary alicyclic amines) is 1. The first-order chi connectivity index (χ1) is 13.5. The fourth-order valence-electron chi connectivity index (χ4n) is 3.38. The molecule has 1 fully saturated rings. The Balaban J connectivity index is 1.61. The summed E-state index contributed by atoms with van der Waals surface area (Å²) in [5.74, 6) is -0.579. The van der Waals surface area contributed by atoms with Crippen molar-refractivity contribution in [3.8, 4) is 0 Å². The van der Waals surface area contributed by atoms with E-state index in [0.717, 1.165) is 30.8 Å². The van der Waals surface area contributed by atoms with Crippen LogP contribution in [0.3, 0.4) is 0 Å². The molecule has 6 nitrogen and oxygen atoms in total. The lowest BCUT2D eigenvalue weighted by Crippen LogP contribution is -2.26. The smallest absolute Gasteiger partial charge is 0.337 e. The van der Waals surface area contributed by atoms with E-state index in [-0.39, 0.29) is 12.3 Å². The fraction of sp³-hybridized carbons (Fsp3) is 0.381. The molecule has 0 aromatic heterocycles. The van der Waals surface area contributed by atoms with Crippen LogP contribution in [-0.4, -0.2) is 39.5 Å². The van der Waals surface area contributed by atoms with E-state index in [1.165, 1.54) is 20.0 Å². The van der Waals surface area contributed by atoms with Crippen molar-refractivity contribution >= 4 is 16.0 Å². The molecule has 3 rings (SSSR count). The molecule has 0 saturated carbocycles. The third kappa shape index (κ3) is 5.64. The van der Waals surface area contributed by atoms with Gasteiger partial charge in [-0.1, -0.05) is 36.4 Å². The summed E-state index contributed by atoms with van der Waals surface area (Å²) < 4.78 is 32.3. The average Bonchev–Trinajstić information content (AvgIpc) is 3.20. The lowest BCUT2D eigenvalue weighted by atomic mass is 10.1. The van der Waals surface area contributed by atoms with Crippen LogP contribution in [0, 0.1) is 0 Å². The number of methoxy groups -OCH3 is 1. The van der Waals surface area contributed by atoms with Gasteiger partial charge in [0.15, 0.2) is 0 Å². The van der Waals surface area contributed by atoms with Crippen LogP contribution in [0.15, 0.2) is 48.5 Å². The molecule has 2 aromatic rings. The maximum Gasteiger partial charge on any atom is 0.337 e. The zero-order chi connectivity index (χ0) is 20.0. The molecule has 0 amide bonds. The normalized spacial score (nSPS) is 14.9. The van der Waals surface area contributed by atoms with Gasteiger partial charge in [0.05, 0.1) is 18.4 Å². The molecule has 1 saturated heterocycles. The summed E-state index contributed by atoms with van der Waals surface area (Å²) in [7, 11) is -2.18. The molecule has 1 N–H and O–H groups in total. The second-order valence-electron chi connectivity index (χ2n) is 7.02. The first-order valence-electron chi connectivity index (χ1n) is 9.40. The molecule has 0 bridgehead atoms. The summed E-state index contributed by atoms with van der Waals surface area (Å²) in [5, 5.41) is 0. The largest absolute Gasteiger partial charge is 0.465 e. The Morgan fingerprint density at radius 1 is 1.04 bits per heavy atom. The minimum Gasteiger partial charge on any atom is -0.465 e. The molecule has 0 unspecified atom stereocenters. The second kappa shape index (κ2) is 9.32. The summed E-state index contributed by atoms with van der Waals surface area (Å²) in [4.78, 5) is 13.9. The lowest BCUT2D eigenvalue weighted by Gasteiger charge is -2.17. The number of benzene rings is 2. The Morgan fingerprint density at radius 2 is 1.68 bits per heavy atom. The van der Waals surface area contributed by atoms with Crippen LogP contribution in [0.5, 0.6) is 0 Å². The monoisotopic (exact) mass is 402 g/mol. The Kier molecular flexibility index (Phi) is 6.83. The van der Waals surface area contributed by atoms with Gasteiger partial charge in [0.25, 0.3) is 0 Å². The molecule has 0 radical (unpaired) electrons. The summed E-state index contributed by atoms with van der Waals surface area (Å²) >= 11 is 0. The van der Waals surface area contributed by atoms with Crippen molar-refractivity contribution in [1.82, 2.24) is 9.62 Å². The van der Waals surface area contributed by atoms with Gasteiger partial charge in [0.1, 0.15) is 0 Å². The number of carbonyl (C=O) groups is 1. The predicted molar refractivity (Wildman–Crippen MR) is 108 cm³/mol. The highest BCUT2D eigenvalue weighted by atomic mass is 32.2. The maximum absolute atomic E-state index is 12.5. The molecule has 28 heavy (non-hydrogen) atoms. The van der Waals surface area contributed by atoms with Gasteiger partial charge in [-0.3, -0.25) is 4.90 Å². The number of ether oxygens (including phenoxy) is 1. The topological polar surface area (TPSA) is 75.7 Å². The third-order valence-electron chi connectivity index (χ3n) is 4.93. The molecule has 0 atom stereocenters. The van der Waals surface area contributed by atoms with Crippen LogP contribution in [0.1, 0.15) is 39.9 Å². The highest BCUT2D eigenvalue weighted by Crippen LogP contribution is 2.17. The number of nitrogens with one attached hydrogen (secondary N) is 1. The van der Waals surface area contributed by atoms with Crippen LogP contribution < -0.4 is 4.72 Å². The van der Waals surface area contributed by atoms with Crippen LogP contribution >= 0.6 is 0 Å². The highest BCUT2D eigenvalue weighted by molar-refractivity contribution is 7.88. The molecule has 7 heteroatoms. The second-order valence-corrected chi connectivity index (χ2v) is 8.83. The van der Waals surface area contributed by atoms with E-state index < -0.39 is 16.0 Å². The quantitative estimate of drug-likeness (QED) is 0.687. The van der Waals surface area contributed by atoms with Gasteiger partial charge < -0.3 is 4.74 Å². The minimum atomic E-state index is -3.50. The lowest BCUT2D eigenvalue weighted by molar-refractivity contribution is 0.0600. The number of sulfonamides is 1. The van der Waals surface area contributed by atoms with Crippen molar-refractivity contribution < 1.29 is 17.9 Å². The molecular weight excluding hydrogens is 376 g/mol. The Hall–Kier alpha value is -2.22. The van der Waals surface area contributed by atoms with Crippen molar-refractivity contribution in [3.63, 3.8) is 0 Å². The maximum atomic E-state index is 12.5. The number of nitrogens with zero attached hydrogens (tertiary/aromatic N) is 1. The van der Waals surface area contributed by atoms with E-state index in [1.807, 2.05) is 18.2 Å². The van der Waals surface area contributed by atoms with Crippen LogP contribution in [0.25, 0.3) is 0 Å². The highest BCUT2D eigenvalue weighted by Gasteiger charge is 2.16. The van der Waals surface area contributed by atoms with Gasteiger partial charge in [-0.15, -0.1) is 0 Å². The summed E-state index contributed by atoms with van der Waals surface area (Å²) in [6.07, 6.45) is 2.45. The number of hydrogen-bond acceptors (Lipinski definition) is 5. The van der Waals surface area contributed by atoms with Gasteiger partial charge >= 0.3 is 5.97 Å². The molecule has 1 heterocycles. The standard InChI is InChI=1S/C21H26N2O4S/c1-27-21(24)18-10-8-17(9-11-18)16-28(25,26)22-14-19-6-2-3-7-20(19)15-23-12-4-5-13-23/h2-3,6-11,22H,4-5,12-16H2,1H3. The number of esters is 1. The van der Waals surface area contributed by atoms with Crippen molar-refractivity contribution in [2.24, 2.45) is 0 Å². The number of carbonyl (C=O) groups excluding carboxylic acids is 1. The molecule has 0 aliphatic carbocycles. The zero-order valence-corrected chi connectivity index (χ0v) is 16.9. The molecule has 0 spiro atoms. The fourth-order valence-corrected chi connectivity index (χ4v) is 4.49. The van der Waals surface area contributed by atoms with E-state index in [4.69, 9.17) is 0 Å².